The van der Waals surface area contributed by atoms with Gasteiger partial charge in [-0.3, -0.25) is 19.2 Å². The monoisotopic (exact) mass is 502 g/mol. The van der Waals surface area contributed by atoms with Crippen LogP contribution in [0.2, 0.25) is 0 Å². The minimum absolute atomic E-state index is 0.242. The lowest BCUT2D eigenvalue weighted by Gasteiger charge is -2.20. The Balaban J connectivity index is 1.85. The molecule has 2 aromatic carbocycles. The fourth-order valence-electron chi connectivity index (χ4n) is 3.45. The van der Waals surface area contributed by atoms with Crippen molar-refractivity contribution in [1.82, 2.24) is 0 Å². The predicted molar refractivity (Wildman–Crippen MR) is 98.6 cm³/mol. The van der Waals surface area contributed by atoms with Gasteiger partial charge in [0.25, 0.3) is 23.6 Å². The molecule has 0 aliphatic carbocycles. The molecule has 2 aliphatic rings. The van der Waals surface area contributed by atoms with E-state index in [2.05, 4.69) is 0 Å². The van der Waals surface area contributed by atoms with Gasteiger partial charge in [-0.15, -0.1) is 0 Å². The Bertz CT molecular complexity index is 1250. The second-order valence-electron chi connectivity index (χ2n) is 7.03. The fourth-order valence-corrected chi connectivity index (χ4v) is 3.45. The number of hydrogen-bond acceptors (Lipinski definition) is 4. The van der Waals surface area contributed by atoms with E-state index in [0.29, 0.717) is 24.3 Å². The Morgan fingerprint density at radius 1 is 0.429 bits per heavy atom. The lowest BCUT2D eigenvalue weighted by Crippen LogP contribution is -2.33. The number of nitrogens with zero attached hydrogens (tertiary/aromatic N) is 2. The molecule has 6 nitrogen and oxygen atoms in total. The first-order valence-corrected chi connectivity index (χ1v) is 9.20. The van der Waals surface area contributed by atoms with Gasteiger partial charge in [-0.2, -0.15) is 0 Å². The Morgan fingerprint density at radius 3 is 0.886 bits per heavy atom. The smallest absolute Gasteiger partial charge is 0.258 e. The zero-order chi connectivity index (χ0) is 25.9. The molecule has 0 spiro atoms. The van der Waals surface area contributed by atoms with E-state index in [1.807, 2.05) is 0 Å². The molecule has 0 bridgehead atoms. The summed E-state index contributed by atoms with van der Waals surface area (Å²) in [6, 6.07) is 0. The van der Waals surface area contributed by atoms with Crippen LogP contribution in [0.25, 0.3) is 0 Å². The third-order valence-electron chi connectivity index (χ3n) is 5.08. The summed E-state index contributed by atoms with van der Waals surface area (Å²) in [5.41, 5.74) is -6.99. The summed E-state index contributed by atoms with van der Waals surface area (Å²) >= 11 is 0. The molecule has 4 rings (SSSR count). The van der Waals surface area contributed by atoms with Gasteiger partial charge in [0.15, 0.2) is 46.5 Å². The van der Waals surface area contributed by atoms with E-state index in [9.17, 15) is 54.3 Å². The summed E-state index contributed by atoms with van der Waals surface area (Å²) in [4.78, 5) is 46.1. The van der Waals surface area contributed by atoms with Gasteiger partial charge in [-0.1, -0.05) is 0 Å². The number of rotatable bonds is 4. The molecule has 0 fully saturated rings. The van der Waals surface area contributed by atoms with E-state index < -0.39 is 99.1 Å². The maximum absolute atomic E-state index is 14.6. The molecular formula is C21H6F8N2O4. The van der Waals surface area contributed by atoms with E-state index in [-0.39, 0.29) is 9.80 Å². The van der Waals surface area contributed by atoms with E-state index in [1.54, 1.807) is 0 Å². The van der Waals surface area contributed by atoms with Crippen LogP contribution in [-0.2, 0) is 25.6 Å². The van der Waals surface area contributed by atoms with Crippen molar-refractivity contribution in [2.24, 2.45) is 0 Å². The standard InChI is InChI=1S/C21H6F8N2O4/c22-12-6(13(23)17(27)20(16(12)26)30-8(32)1-2-9(30)33)5-7-14(24)18(28)21(19(29)15(7)25)31-10(34)3-4-11(31)35/h1-4H,5H2. The third kappa shape index (κ3) is 3.40. The van der Waals surface area contributed by atoms with Crippen LogP contribution in [0.5, 0.6) is 0 Å². The van der Waals surface area contributed by atoms with Gasteiger partial charge in [0.2, 0.25) is 0 Å². The second kappa shape index (κ2) is 8.14. The van der Waals surface area contributed by atoms with Gasteiger partial charge in [0.05, 0.1) is 0 Å². The van der Waals surface area contributed by atoms with E-state index in [4.69, 9.17) is 0 Å². The molecule has 0 saturated carbocycles. The van der Waals surface area contributed by atoms with Gasteiger partial charge in [-0.05, 0) is 0 Å². The summed E-state index contributed by atoms with van der Waals surface area (Å²) in [6.07, 6.45) is 0.405. The second-order valence-corrected chi connectivity index (χ2v) is 7.03. The fraction of sp³-hybridized carbons (Fsp3) is 0.0476. The quantitative estimate of drug-likeness (QED) is 0.366. The molecule has 0 radical (unpaired) electrons. The van der Waals surface area contributed by atoms with Crippen molar-refractivity contribution < 1.29 is 54.3 Å². The maximum Gasteiger partial charge on any atom is 0.258 e. The summed E-state index contributed by atoms with van der Waals surface area (Å²) in [5.74, 6) is -23.9. The first kappa shape index (κ1) is 23.8. The first-order valence-electron chi connectivity index (χ1n) is 9.20. The number of carbonyl (C=O) groups excluding carboxylic acids is 4. The van der Waals surface area contributed by atoms with Crippen LogP contribution < -0.4 is 9.80 Å². The van der Waals surface area contributed by atoms with E-state index in [1.165, 1.54) is 0 Å². The molecule has 0 saturated heterocycles. The zero-order valence-electron chi connectivity index (χ0n) is 16.6. The molecular weight excluding hydrogens is 496 g/mol. The van der Waals surface area contributed by atoms with E-state index >= 15 is 0 Å². The molecule has 2 aromatic rings. The number of halogens is 8. The summed E-state index contributed by atoms with van der Waals surface area (Å²) in [5, 5.41) is 0. The Kier molecular flexibility index (Phi) is 5.53. The maximum atomic E-state index is 14.6. The molecule has 2 aliphatic heterocycles. The van der Waals surface area contributed by atoms with Crippen LogP contribution in [0.15, 0.2) is 24.3 Å². The van der Waals surface area contributed by atoms with Crippen molar-refractivity contribution in [3.05, 3.63) is 82.0 Å². The van der Waals surface area contributed by atoms with Crippen molar-refractivity contribution in [2.45, 2.75) is 6.42 Å². The van der Waals surface area contributed by atoms with Crippen molar-refractivity contribution >= 4 is 35.0 Å². The van der Waals surface area contributed by atoms with Crippen LogP contribution in [0, 0.1) is 46.5 Å². The number of anilines is 2. The van der Waals surface area contributed by atoms with Gasteiger partial charge >= 0.3 is 0 Å². The molecule has 0 N–H and O–H groups in total. The van der Waals surface area contributed by atoms with Gasteiger partial charge in [0, 0.05) is 41.9 Å². The summed E-state index contributed by atoms with van der Waals surface area (Å²) in [6.45, 7) is 0. The van der Waals surface area contributed by atoms with Crippen LogP contribution in [0.4, 0.5) is 46.5 Å². The molecule has 0 atom stereocenters. The average Bonchev–Trinajstić information content (AvgIpc) is 3.32. The minimum atomic E-state index is -2.32. The zero-order valence-corrected chi connectivity index (χ0v) is 16.6. The predicted octanol–water partition coefficient (Wildman–Crippen LogP) is 3.25. The van der Waals surface area contributed by atoms with Crippen molar-refractivity contribution in [1.29, 1.82) is 0 Å². The molecule has 0 unspecified atom stereocenters. The highest BCUT2D eigenvalue weighted by Gasteiger charge is 2.38. The Hall–Kier alpha value is -4.36. The Labute approximate surface area is 188 Å². The van der Waals surface area contributed by atoms with Crippen LogP contribution in [0.1, 0.15) is 11.1 Å². The normalized spacial score (nSPS) is 15.4. The summed E-state index contributed by atoms with van der Waals surface area (Å²) in [7, 11) is 0. The Morgan fingerprint density at radius 2 is 0.657 bits per heavy atom. The molecule has 4 amide bonds. The highest BCUT2D eigenvalue weighted by atomic mass is 19.2. The number of imide groups is 2. The number of benzene rings is 2. The average molecular weight is 502 g/mol. The highest BCUT2D eigenvalue weighted by Crippen LogP contribution is 2.37. The SMILES string of the molecule is O=C1C=CC(=O)N1c1c(F)c(F)c(Cc2c(F)c(F)c(N3C(=O)C=CC3=O)c(F)c2F)c(F)c1F. The molecule has 2 heterocycles. The largest absolute Gasteiger partial charge is 0.269 e. The molecule has 14 heteroatoms. The van der Waals surface area contributed by atoms with E-state index in [0.717, 1.165) is 0 Å². The van der Waals surface area contributed by atoms with Gasteiger partial charge in [0.1, 0.15) is 11.4 Å². The third-order valence-corrected chi connectivity index (χ3v) is 5.08. The summed E-state index contributed by atoms with van der Waals surface area (Å²) < 4.78 is 117. The molecule has 0 aromatic heterocycles. The van der Waals surface area contributed by atoms with Crippen molar-refractivity contribution in [3.63, 3.8) is 0 Å². The number of amides is 4. The number of hydrogen-bond donors (Lipinski definition) is 0. The van der Waals surface area contributed by atoms with Gasteiger partial charge < -0.3 is 0 Å². The minimum Gasteiger partial charge on any atom is -0.269 e. The number of carbonyl (C=O) groups is 4. The lowest BCUT2D eigenvalue weighted by atomic mass is 10.00. The van der Waals surface area contributed by atoms with Gasteiger partial charge in [-0.25, -0.2) is 44.9 Å². The van der Waals surface area contributed by atoms with Crippen molar-refractivity contribution in [3.8, 4) is 0 Å². The van der Waals surface area contributed by atoms with Crippen LogP contribution in [-0.4, -0.2) is 23.6 Å². The van der Waals surface area contributed by atoms with Crippen molar-refractivity contribution in [2.75, 3.05) is 9.80 Å². The molecule has 180 valence electrons. The molecule has 35 heavy (non-hydrogen) atoms. The lowest BCUT2D eigenvalue weighted by molar-refractivity contribution is -0.121. The van der Waals surface area contributed by atoms with Crippen LogP contribution in [0.3, 0.4) is 0 Å². The topological polar surface area (TPSA) is 74.8 Å². The highest BCUT2D eigenvalue weighted by molar-refractivity contribution is 6.28. The van der Waals surface area contributed by atoms with Crippen LogP contribution >= 0.6 is 0 Å². The first-order chi connectivity index (χ1) is 16.4.